The highest BCUT2D eigenvalue weighted by Gasteiger charge is 2.36. The lowest BCUT2D eigenvalue weighted by molar-refractivity contribution is -0.138. The number of hydrogen-bond donors (Lipinski definition) is 1. The summed E-state index contributed by atoms with van der Waals surface area (Å²) in [5.41, 5.74) is 5.18. The molecule has 1 atom stereocenters. The Morgan fingerprint density at radius 3 is 2.53 bits per heavy atom. The fourth-order valence-corrected chi connectivity index (χ4v) is 2.31. The van der Waals surface area contributed by atoms with Gasteiger partial charge in [-0.3, -0.25) is 0 Å². The van der Waals surface area contributed by atoms with Crippen molar-refractivity contribution in [2.45, 2.75) is 31.5 Å². The largest absolute Gasteiger partial charge is 0.416 e. The quantitative estimate of drug-likeness (QED) is 0.871. The summed E-state index contributed by atoms with van der Waals surface area (Å²) in [7, 11) is 0. The first-order valence-electron chi connectivity index (χ1n) is 5.50. The van der Waals surface area contributed by atoms with Crippen LogP contribution >= 0.6 is 11.6 Å². The maximum atomic E-state index is 12.8. The third-order valence-corrected chi connectivity index (χ3v) is 3.34. The van der Waals surface area contributed by atoms with Gasteiger partial charge in [0.05, 0.1) is 5.56 Å². The van der Waals surface area contributed by atoms with Crippen LogP contribution in [0, 0.1) is 5.92 Å². The van der Waals surface area contributed by atoms with Gasteiger partial charge in [0.15, 0.2) is 0 Å². The van der Waals surface area contributed by atoms with Crippen molar-refractivity contribution >= 4 is 11.6 Å². The molecule has 0 heterocycles. The van der Waals surface area contributed by atoms with E-state index in [4.69, 9.17) is 17.3 Å². The van der Waals surface area contributed by atoms with Crippen LogP contribution in [0.2, 0.25) is 5.02 Å². The first-order chi connectivity index (χ1) is 7.89. The van der Waals surface area contributed by atoms with Gasteiger partial charge in [-0.2, -0.15) is 13.2 Å². The van der Waals surface area contributed by atoms with Crippen molar-refractivity contribution in [2.75, 3.05) is 0 Å². The van der Waals surface area contributed by atoms with E-state index < -0.39 is 17.8 Å². The molecule has 1 aromatic rings. The molecule has 0 aromatic heterocycles. The maximum absolute atomic E-state index is 12.8. The van der Waals surface area contributed by atoms with E-state index in [1.807, 2.05) is 0 Å². The molecule has 2 rings (SSSR count). The van der Waals surface area contributed by atoms with Gasteiger partial charge in [-0.1, -0.05) is 30.5 Å². The van der Waals surface area contributed by atoms with E-state index >= 15 is 0 Å². The second-order valence-electron chi connectivity index (χ2n) is 4.48. The molecule has 0 saturated heterocycles. The topological polar surface area (TPSA) is 26.0 Å². The third-order valence-electron chi connectivity index (χ3n) is 3.01. The van der Waals surface area contributed by atoms with Crippen LogP contribution in [-0.2, 0) is 6.18 Å². The smallest absolute Gasteiger partial charge is 0.324 e. The minimum atomic E-state index is -4.40. The van der Waals surface area contributed by atoms with Gasteiger partial charge in [-0.05, 0) is 30.0 Å². The van der Waals surface area contributed by atoms with Gasteiger partial charge < -0.3 is 5.73 Å². The van der Waals surface area contributed by atoms with Crippen LogP contribution in [0.5, 0.6) is 0 Å². The van der Waals surface area contributed by atoms with Crippen LogP contribution in [0.15, 0.2) is 18.2 Å². The van der Waals surface area contributed by atoms with E-state index in [9.17, 15) is 13.2 Å². The van der Waals surface area contributed by atoms with Crippen molar-refractivity contribution < 1.29 is 13.2 Å². The van der Waals surface area contributed by atoms with Crippen molar-refractivity contribution in [1.29, 1.82) is 0 Å². The summed E-state index contributed by atoms with van der Waals surface area (Å²) in [4.78, 5) is 0. The molecule has 0 unspecified atom stereocenters. The summed E-state index contributed by atoms with van der Waals surface area (Å²) in [5, 5.41) is 0.105. The average Bonchev–Trinajstić information content (AvgIpc) is 2.99. The van der Waals surface area contributed by atoms with E-state index in [2.05, 4.69) is 0 Å². The van der Waals surface area contributed by atoms with Crippen molar-refractivity contribution in [3.8, 4) is 0 Å². The number of alkyl halides is 3. The predicted octanol–water partition coefficient (Wildman–Crippen LogP) is 4.16. The van der Waals surface area contributed by atoms with Gasteiger partial charge in [0, 0.05) is 11.1 Å². The zero-order chi connectivity index (χ0) is 12.6. The number of halogens is 4. The van der Waals surface area contributed by atoms with Gasteiger partial charge in [-0.25, -0.2) is 0 Å². The molecule has 1 nitrogen and oxygen atoms in total. The van der Waals surface area contributed by atoms with Gasteiger partial charge in [-0.15, -0.1) is 0 Å². The molecule has 1 aliphatic carbocycles. The lowest BCUT2D eigenvalue weighted by atomic mass is 9.96. The second kappa shape index (κ2) is 4.50. The molecular weight excluding hydrogens is 251 g/mol. The highest BCUT2D eigenvalue weighted by Crippen LogP contribution is 2.42. The standard InChI is InChI=1S/C12H13ClF3N/c13-9-3-1-2-8(12(14,15)16)11(9)10(17)6-7-4-5-7/h1-3,7,10H,4-6,17H2/t10-/m0/s1. The zero-order valence-electron chi connectivity index (χ0n) is 9.10. The summed E-state index contributed by atoms with van der Waals surface area (Å²) in [6, 6.07) is 3.17. The van der Waals surface area contributed by atoms with Gasteiger partial charge >= 0.3 is 6.18 Å². The highest BCUT2D eigenvalue weighted by molar-refractivity contribution is 6.31. The van der Waals surface area contributed by atoms with E-state index in [0.717, 1.165) is 18.9 Å². The third kappa shape index (κ3) is 2.93. The minimum Gasteiger partial charge on any atom is -0.324 e. The van der Waals surface area contributed by atoms with Crippen molar-refractivity contribution in [1.82, 2.24) is 0 Å². The van der Waals surface area contributed by atoms with Gasteiger partial charge in [0.2, 0.25) is 0 Å². The molecule has 0 aliphatic heterocycles. The molecule has 94 valence electrons. The van der Waals surface area contributed by atoms with Crippen molar-refractivity contribution in [3.63, 3.8) is 0 Å². The van der Waals surface area contributed by atoms with Crippen LogP contribution in [-0.4, -0.2) is 0 Å². The van der Waals surface area contributed by atoms with Gasteiger partial charge in [0.25, 0.3) is 0 Å². The summed E-state index contributed by atoms with van der Waals surface area (Å²) >= 11 is 5.85. The fraction of sp³-hybridized carbons (Fsp3) is 0.500. The lowest BCUT2D eigenvalue weighted by Gasteiger charge is -2.19. The second-order valence-corrected chi connectivity index (χ2v) is 4.89. The van der Waals surface area contributed by atoms with Crippen LogP contribution < -0.4 is 5.73 Å². The number of hydrogen-bond acceptors (Lipinski definition) is 1. The van der Waals surface area contributed by atoms with Gasteiger partial charge in [0.1, 0.15) is 0 Å². The molecule has 0 spiro atoms. The average molecular weight is 264 g/mol. The van der Waals surface area contributed by atoms with E-state index in [0.29, 0.717) is 12.3 Å². The summed E-state index contributed by atoms with van der Waals surface area (Å²) in [6.45, 7) is 0. The first kappa shape index (κ1) is 12.7. The molecule has 0 amide bonds. The monoisotopic (exact) mass is 263 g/mol. The van der Waals surface area contributed by atoms with E-state index in [1.165, 1.54) is 12.1 Å². The Balaban J connectivity index is 2.35. The molecular formula is C12H13ClF3N. The van der Waals surface area contributed by atoms with Crippen molar-refractivity contribution in [2.24, 2.45) is 11.7 Å². The summed E-state index contributed by atoms with van der Waals surface area (Å²) < 4.78 is 38.5. The van der Waals surface area contributed by atoms with E-state index in [-0.39, 0.29) is 10.6 Å². The van der Waals surface area contributed by atoms with Crippen LogP contribution in [0.25, 0.3) is 0 Å². The van der Waals surface area contributed by atoms with Crippen LogP contribution in [0.1, 0.15) is 36.4 Å². The molecule has 2 N–H and O–H groups in total. The molecule has 5 heteroatoms. The maximum Gasteiger partial charge on any atom is 0.416 e. The fourth-order valence-electron chi connectivity index (χ4n) is 1.99. The predicted molar refractivity (Wildman–Crippen MR) is 60.7 cm³/mol. The summed E-state index contributed by atoms with van der Waals surface area (Å²) in [5.74, 6) is 0.461. The Morgan fingerprint density at radius 1 is 1.35 bits per heavy atom. The number of rotatable bonds is 3. The highest BCUT2D eigenvalue weighted by atomic mass is 35.5. The lowest BCUT2D eigenvalue weighted by Crippen LogP contribution is -2.18. The molecule has 1 aromatic carbocycles. The Morgan fingerprint density at radius 2 is 2.00 bits per heavy atom. The molecule has 0 radical (unpaired) electrons. The number of nitrogens with two attached hydrogens (primary N) is 1. The Bertz CT molecular complexity index is 413. The molecule has 1 aliphatic rings. The Labute approximate surface area is 103 Å². The molecule has 17 heavy (non-hydrogen) atoms. The summed E-state index contributed by atoms with van der Waals surface area (Å²) in [6.07, 6.45) is -1.72. The van der Waals surface area contributed by atoms with Crippen LogP contribution in [0.3, 0.4) is 0 Å². The minimum absolute atomic E-state index is 0.0357. The Kier molecular flexibility index (Phi) is 3.36. The van der Waals surface area contributed by atoms with Crippen molar-refractivity contribution in [3.05, 3.63) is 34.3 Å². The van der Waals surface area contributed by atoms with Crippen LogP contribution in [0.4, 0.5) is 13.2 Å². The molecule has 0 bridgehead atoms. The SMILES string of the molecule is N[C@@H](CC1CC1)c1c(Cl)cccc1C(F)(F)F. The zero-order valence-corrected chi connectivity index (χ0v) is 9.85. The number of benzene rings is 1. The molecule has 1 saturated carbocycles. The molecule has 1 fully saturated rings. The van der Waals surface area contributed by atoms with E-state index in [1.54, 1.807) is 0 Å². The Hall–Kier alpha value is -0.740. The first-order valence-corrected chi connectivity index (χ1v) is 5.88. The normalized spacial score (nSPS) is 18.2.